The summed E-state index contributed by atoms with van der Waals surface area (Å²) < 4.78 is 13.6. The van der Waals surface area contributed by atoms with Crippen molar-refractivity contribution in [2.45, 2.75) is 20.3 Å². The molecule has 138 valence electrons. The summed E-state index contributed by atoms with van der Waals surface area (Å²) in [5, 5.41) is 5.99. The topological polar surface area (TPSA) is 58.2 Å². The van der Waals surface area contributed by atoms with E-state index in [9.17, 15) is 14.0 Å². The fourth-order valence-corrected chi connectivity index (χ4v) is 2.50. The van der Waals surface area contributed by atoms with Crippen LogP contribution in [0, 0.1) is 11.2 Å². The molecule has 0 aliphatic rings. The molecule has 4 nitrogen and oxygen atoms in total. The quantitative estimate of drug-likeness (QED) is 0.708. The zero-order valence-corrected chi connectivity index (χ0v) is 15.9. The van der Waals surface area contributed by atoms with Gasteiger partial charge in [0.15, 0.2) is 0 Å². The number of rotatable bonds is 6. The second kappa shape index (κ2) is 8.52. The summed E-state index contributed by atoms with van der Waals surface area (Å²) in [5.74, 6) is -1.26. The number of carbonyl (C=O) groups is 2. The number of hydrogen-bond donors (Lipinski definition) is 2. The van der Waals surface area contributed by atoms with Gasteiger partial charge in [-0.3, -0.25) is 9.59 Å². The van der Waals surface area contributed by atoms with Gasteiger partial charge in [-0.2, -0.15) is 0 Å². The first kappa shape index (κ1) is 20.2. The molecule has 0 saturated heterocycles. The average Bonchev–Trinajstić information content (AvgIpc) is 2.59. The first-order valence-corrected chi connectivity index (χ1v) is 8.75. The largest absolute Gasteiger partial charge is 0.355 e. The molecular weight excluding hydrogens is 378 g/mol. The van der Waals surface area contributed by atoms with Crippen LogP contribution >= 0.6 is 23.2 Å². The first-order valence-electron chi connectivity index (χ1n) is 8.00. The van der Waals surface area contributed by atoms with Crippen LogP contribution in [0.2, 0.25) is 10.0 Å². The van der Waals surface area contributed by atoms with Gasteiger partial charge in [-0.25, -0.2) is 4.39 Å². The van der Waals surface area contributed by atoms with Gasteiger partial charge in [0.2, 0.25) is 11.8 Å². The molecule has 26 heavy (non-hydrogen) atoms. The van der Waals surface area contributed by atoms with Gasteiger partial charge in [-0.1, -0.05) is 41.4 Å². The van der Waals surface area contributed by atoms with Gasteiger partial charge in [0, 0.05) is 12.2 Å². The number of benzene rings is 2. The summed E-state index contributed by atoms with van der Waals surface area (Å²) in [6, 6.07) is 11.0. The Balaban J connectivity index is 1.94. The van der Waals surface area contributed by atoms with Gasteiger partial charge in [-0.15, -0.1) is 0 Å². The molecule has 0 atom stereocenters. The third-order valence-corrected chi connectivity index (χ3v) is 4.69. The summed E-state index contributed by atoms with van der Waals surface area (Å²) in [4.78, 5) is 24.8. The SMILES string of the molecule is CC(C)(C(=O)NCCc1ccccc1F)C(=O)Nc1ccc(Cl)c(Cl)c1. The average molecular weight is 397 g/mol. The highest BCUT2D eigenvalue weighted by Crippen LogP contribution is 2.26. The summed E-state index contributed by atoms with van der Waals surface area (Å²) in [6.07, 6.45) is 0.336. The molecule has 7 heteroatoms. The van der Waals surface area contributed by atoms with Crippen LogP contribution in [0.5, 0.6) is 0 Å². The summed E-state index contributed by atoms with van der Waals surface area (Å²) >= 11 is 11.8. The first-order chi connectivity index (χ1) is 12.2. The molecule has 2 aromatic rings. The molecule has 2 amide bonds. The van der Waals surface area contributed by atoms with Crippen molar-refractivity contribution < 1.29 is 14.0 Å². The van der Waals surface area contributed by atoms with Crippen LogP contribution in [-0.4, -0.2) is 18.4 Å². The van der Waals surface area contributed by atoms with E-state index in [4.69, 9.17) is 23.2 Å². The minimum Gasteiger partial charge on any atom is -0.355 e. The molecule has 0 radical (unpaired) electrons. The Morgan fingerprint density at radius 3 is 2.38 bits per heavy atom. The number of halogens is 3. The lowest BCUT2D eigenvalue weighted by molar-refractivity contribution is -0.138. The molecule has 0 heterocycles. The summed E-state index contributed by atoms with van der Waals surface area (Å²) in [6.45, 7) is 3.25. The zero-order chi connectivity index (χ0) is 19.3. The second-order valence-corrected chi connectivity index (χ2v) is 7.12. The Bertz CT molecular complexity index is 825. The standard InChI is InChI=1S/C19H19Cl2FN2O2/c1-19(2,18(26)24-13-7-8-14(20)15(21)11-13)17(25)23-10-9-12-5-3-4-6-16(12)22/h3-8,11H,9-10H2,1-2H3,(H,23,25)(H,24,26). The van der Waals surface area contributed by atoms with E-state index in [-0.39, 0.29) is 12.4 Å². The Morgan fingerprint density at radius 1 is 1.04 bits per heavy atom. The monoisotopic (exact) mass is 396 g/mol. The van der Waals surface area contributed by atoms with Gasteiger partial charge in [-0.05, 0) is 50.1 Å². The van der Waals surface area contributed by atoms with E-state index in [1.54, 1.807) is 30.3 Å². The third-order valence-electron chi connectivity index (χ3n) is 3.95. The Kier molecular flexibility index (Phi) is 6.62. The minimum absolute atomic E-state index is 0.225. The molecular formula is C19H19Cl2FN2O2. The normalized spacial score (nSPS) is 11.1. The highest BCUT2D eigenvalue weighted by atomic mass is 35.5. The molecule has 0 aliphatic carbocycles. The van der Waals surface area contributed by atoms with Crippen LogP contribution in [0.4, 0.5) is 10.1 Å². The molecule has 0 spiro atoms. The molecule has 0 aromatic heterocycles. The van der Waals surface area contributed by atoms with E-state index >= 15 is 0 Å². The number of amides is 2. The molecule has 2 rings (SSSR count). The van der Waals surface area contributed by atoms with Crippen molar-refractivity contribution in [3.8, 4) is 0 Å². The van der Waals surface area contributed by atoms with Crippen molar-refractivity contribution in [1.29, 1.82) is 0 Å². The molecule has 0 fully saturated rings. The molecule has 2 N–H and O–H groups in total. The highest BCUT2D eigenvalue weighted by Gasteiger charge is 2.35. The molecule has 2 aromatic carbocycles. The van der Waals surface area contributed by atoms with Crippen molar-refractivity contribution in [3.05, 3.63) is 63.9 Å². The Hall–Kier alpha value is -2.11. The summed E-state index contributed by atoms with van der Waals surface area (Å²) in [5.41, 5.74) is -0.371. The molecule has 0 bridgehead atoms. The van der Waals surface area contributed by atoms with Gasteiger partial charge >= 0.3 is 0 Å². The Labute approximate surface area is 161 Å². The van der Waals surface area contributed by atoms with Crippen LogP contribution < -0.4 is 10.6 Å². The van der Waals surface area contributed by atoms with E-state index < -0.39 is 17.2 Å². The van der Waals surface area contributed by atoms with Crippen molar-refractivity contribution in [3.63, 3.8) is 0 Å². The fourth-order valence-electron chi connectivity index (χ4n) is 2.20. The van der Waals surface area contributed by atoms with Crippen LogP contribution in [0.1, 0.15) is 19.4 Å². The van der Waals surface area contributed by atoms with E-state index in [0.717, 1.165) is 0 Å². The van der Waals surface area contributed by atoms with Crippen molar-refractivity contribution in [2.75, 3.05) is 11.9 Å². The van der Waals surface area contributed by atoms with Crippen LogP contribution in [0.15, 0.2) is 42.5 Å². The van der Waals surface area contributed by atoms with E-state index in [2.05, 4.69) is 10.6 Å². The molecule has 0 aliphatic heterocycles. The number of carbonyl (C=O) groups excluding carboxylic acids is 2. The number of anilines is 1. The van der Waals surface area contributed by atoms with E-state index in [0.29, 0.717) is 27.7 Å². The zero-order valence-electron chi connectivity index (χ0n) is 14.4. The predicted octanol–water partition coefficient (Wildman–Crippen LogP) is 4.46. The van der Waals surface area contributed by atoms with Gasteiger partial charge in [0.05, 0.1) is 10.0 Å². The maximum absolute atomic E-state index is 13.6. The maximum Gasteiger partial charge on any atom is 0.239 e. The van der Waals surface area contributed by atoms with Crippen LogP contribution in [0.3, 0.4) is 0 Å². The lowest BCUT2D eigenvalue weighted by Crippen LogP contribution is -2.45. The third kappa shape index (κ3) is 4.96. The molecule has 0 saturated carbocycles. The number of hydrogen-bond acceptors (Lipinski definition) is 2. The van der Waals surface area contributed by atoms with Gasteiger partial charge in [0.25, 0.3) is 0 Å². The van der Waals surface area contributed by atoms with Crippen LogP contribution in [-0.2, 0) is 16.0 Å². The maximum atomic E-state index is 13.6. The van der Waals surface area contributed by atoms with Gasteiger partial charge < -0.3 is 10.6 Å². The van der Waals surface area contributed by atoms with Crippen molar-refractivity contribution >= 4 is 40.7 Å². The lowest BCUT2D eigenvalue weighted by atomic mass is 9.91. The fraction of sp³-hybridized carbons (Fsp3) is 0.263. The minimum atomic E-state index is -1.32. The van der Waals surface area contributed by atoms with E-state index in [1.165, 1.54) is 26.0 Å². The second-order valence-electron chi connectivity index (χ2n) is 6.31. The predicted molar refractivity (Wildman–Crippen MR) is 102 cm³/mol. The van der Waals surface area contributed by atoms with Crippen LogP contribution in [0.25, 0.3) is 0 Å². The van der Waals surface area contributed by atoms with E-state index in [1.807, 2.05) is 0 Å². The lowest BCUT2D eigenvalue weighted by Gasteiger charge is -2.23. The molecule has 0 unspecified atom stereocenters. The van der Waals surface area contributed by atoms with Gasteiger partial charge in [0.1, 0.15) is 11.2 Å². The van der Waals surface area contributed by atoms with Crippen molar-refractivity contribution in [1.82, 2.24) is 5.32 Å². The Morgan fingerprint density at radius 2 is 1.73 bits per heavy atom. The number of nitrogens with one attached hydrogen (secondary N) is 2. The highest BCUT2D eigenvalue weighted by molar-refractivity contribution is 6.42. The smallest absolute Gasteiger partial charge is 0.239 e. The summed E-state index contributed by atoms with van der Waals surface area (Å²) in [7, 11) is 0. The van der Waals surface area contributed by atoms with Crippen molar-refractivity contribution in [2.24, 2.45) is 5.41 Å².